The van der Waals surface area contributed by atoms with E-state index < -0.39 is 36.5 Å². The van der Waals surface area contributed by atoms with E-state index in [0.29, 0.717) is 62.4 Å². The van der Waals surface area contributed by atoms with Gasteiger partial charge in [0.05, 0.1) is 5.56 Å². The lowest BCUT2D eigenvalue weighted by atomic mass is 9.91. The van der Waals surface area contributed by atoms with Gasteiger partial charge < -0.3 is 14.9 Å². The summed E-state index contributed by atoms with van der Waals surface area (Å²) in [6, 6.07) is 11.2. The normalized spacial score (nSPS) is 19.8. The summed E-state index contributed by atoms with van der Waals surface area (Å²) in [7, 11) is 0. The second kappa shape index (κ2) is 15.5. The van der Waals surface area contributed by atoms with Crippen LogP contribution < -0.4 is 0 Å². The molecule has 5 rings (SSSR count). The summed E-state index contributed by atoms with van der Waals surface area (Å²) in [5.41, 5.74) is 0.912. The summed E-state index contributed by atoms with van der Waals surface area (Å²) in [4.78, 5) is 40.5. The van der Waals surface area contributed by atoms with Crippen molar-refractivity contribution >= 4 is 17.8 Å². The lowest BCUT2D eigenvalue weighted by Gasteiger charge is -2.34. The number of amides is 2. The molecular formula is C33H38F7N3O4. The predicted molar refractivity (Wildman–Crippen MR) is 159 cm³/mol. The second-order valence-corrected chi connectivity index (χ2v) is 12.1. The Kier molecular flexibility index (Phi) is 11.9. The third-order valence-corrected chi connectivity index (χ3v) is 9.02. The number of piperazine rings is 1. The van der Waals surface area contributed by atoms with Crippen molar-refractivity contribution in [3.63, 3.8) is 0 Å². The van der Waals surface area contributed by atoms with Gasteiger partial charge in [0, 0.05) is 56.8 Å². The van der Waals surface area contributed by atoms with Crippen molar-refractivity contribution in [1.29, 1.82) is 0 Å². The third-order valence-electron chi connectivity index (χ3n) is 9.02. The smallest absolute Gasteiger partial charge is 0.475 e. The Bertz CT molecular complexity index is 1380. The first-order valence-electron chi connectivity index (χ1n) is 15.7. The van der Waals surface area contributed by atoms with Gasteiger partial charge in [0.15, 0.2) is 0 Å². The number of carbonyl (C=O) groups excluding carboxylic acids is 2. The quantitative estimate of drug-likeness (QED) is 0.342. The summed E-state index contributed by atoms with van der Waals surface area (Å²) in [5.74, 6) is -3.32. The highest BCUT2D eigenvalue weighted by molar-refractivity contribution is 5.94. The SMILES string of the molecule is O=C(O)C(F)(F)F.O=C(c1ccc(-c2ccc(CC3CCN(C4CCCCC4)C3=O)c(C(F)(F)F)c2)cc1)N1CCN(CCF)CC1. The van der Waals surface area contributed by atoms with Crippen LogP contribution in [0.3, 0.4) is 0 Å². The molecule has 1 N–H and O–H groups in total. The molecule has 3 aliphatic rings. The molecule has 2 aromatic carbocycles. The van der Waals surface area contributed by atoms with Gasteiger partial charge in [-0.3, -0.25) is 14.5 Å². The molecule has 2 heterocycles. The molecule has 0 radical (unpaired) electrons. The van der Waals surface area contributed by atoms with Crippen molar-refractivity contribution in [1.82, 2.24) is 14.7 Å². The fourth-order valence-electron chi connectivity index (χ4n) is 6.45. The van der Waals surface area contributed by atoms with Crippen LogP contribution in [0.25, 0.3) is 11.1 Å². The first-order chi connectivity index (χ1) is 22.2. The van der Waals surface area contributed by atoms with Crippen LogP contribution in [0.2, 0.25) is 0 Å². The van der Waals surface area contributed by atoms with Crippen molar-refractivity contribution in [2.75, 3.05) is 45.9 Å². The number of carbonyl (C=O) groups is 3. The van der Waals surface area contributed by atoms with E-state index >= 15 is 0 Å². The highest BCUT2D eigenvalue weighted by atomic mass is 19.4. The number of carboxylic acids is 1. The van der Waals surface area contributed by atoms with Crippen LogP contribution in [0.15, 0.2) is 42.5 Å². The monoisotopic (exact) mass is 673 g/mol. The molecular weight excluding hydrogens is 635 g/mol. The average molecular weight is 674 g/mol. The van der Waals surface area contributed by atoms with Crippen LogP contribution >= 0.6 is 0 Å². The van der Waals surface area contributed by atoms with Gasteiger partial charge in [0.1, 0.15) is 6.67 Å². The molecule has 14 heteroatoms. The van der Waals surface area contributed by atoms with Crippen LogP contribution in [0.1, 0.15) is 60.0 Å². The summed E-state index contributed by atoms with van der Waals surface area (Å²) in [6.45, 7) is 2.84. The van der Waals surface area contributed by atoms with Gasteiger partial charge in [-0.25, -0.2) is 9.18 Å². The fourth-order valence-corrected chi connectivity index (χ4v) is 6.45. The molecule has 2 saturated heterocycles. The van der Waals surface area contributed by atoms with Gasteiger partial charge in [-0.2, -0.15) is 26.3 Å². The Labute approximate surface area is 268 Å². The Hall–Kier alpha value is -3.68. The number of hydrogen-bond acceptors (Lipinski definition) is 4. The average Bonchev–Trinajstić information content (AvgIpc) is 3.40. The fraction of sp³-hybridized carbons (Fsp3) is 0.545. The summed E-state index contributed by atoms with van der Waals surface area (Å²) >= 11 is 0. The van der Waals surface area contributed by atoms with Crippen LogP contribution in [0.4, 0.5) is 30.7 Å². The van der Waals surface area contributed by atoms with Crippen molar-refractivity contribution in [3.05, 3.63) is 59.2 Å². The van der Waals surface area contributed by atoms with E-state index in [0.717, 1.165) is 31.7 Å². The maximum absolute atomic E-state index is 14.2. The van der Waals surface area contributed by atoms with Gasteiger partial charge in [0.25, 0.3) is 5.91 Å². The minimum atomic E-state index is -5.08. The third kappa shape index (κ3) is 9.45. The highest BCUT2D eigenvalue weighted by Crippen LogP contribution is 2.38. The number of carboxylic acid groups (broad SMARTS) is 1. The minimum absolute atomic E-state index is 0.00631. The summed E-state index contributed by atoms with van der Waals surface area (Å²) in [5, 5.41) is 7.12. The van der Waals surface area contributed by atoms with Crippen molar-refractivity contribution in [2.45, 2.75) is 63.3 Å². The molecule has 0 spiro atoms. The molecule has 47 heavy (non-hydrogen) atoms. The number of hydrogen-bond donors (Lipinski definition) is 1. The molecule has 3 fully saturated rings. The molecule has 258 valence electrons. The van der Waals surface area contributed by atoms with Crippen molar-refractivity contribution < 1.29 is 50.2 Å². The lowest BCUT2D eigenvalue weighted by Crippen LogP contribution is -2.49. The van der Waals surface area contributed by atoms with Gasteiger partial charge >= 0.3 is 18.3 Å². The molecule has 7 nitrogen and oxygen atoms in total. The molecule has 1 unspecified atom stereocenters. The minimum Gasteiger partial charge on any atom is -0.475 e. The molecule has 1 saturated carbocycles. The molecule has 0 aromatic heterocycles. The molecule has 1 aliphatic carbocycles. The van der Waals surface area contributed by atoms with Crippen LogP contribution in [-0.4, -0.2) is 95.8 Å². The van der Waals surface area contributed by atoms with Gasteiger partial charge in [-0.1, -0.05) is 43.5 Å². The largest absolute Gasteiger partial charge is 0.490 e. The van der Waals surface area contributed by atoms with E-state index in [2.05, 4.69) is 0 Å². The maximum atomic E-state index is 14.2. The number of alkyl halides is 7. The number of likely N-dealkylation sites (tertiary alicyclic amines) is 1. The van der Waals surface area contributed by atoms with E-state index in [1.165, 1.54) is 12.5 Å². The Balaban J connectivity index is 0.000000644. The van der Waals surface area contributed by atoms with Gasteiger partial charge in [0.2, 0.25) is 5.91 Å². The number of rotatable bonds is 7. The van der Waals surface area contributed by atoms with E-state index in [4.69, 9.17) is 9.90 Å². The van der Waals surface area contributed by atoms with Crippen LogP contribution in [-0.2, 0) is 22.2 Å². The van der Waals surface area contributed by atoms with Crippen molar-refractivity contribution in [3.8, 4) is 11.1 Å². The second-order valence-electron chi connectivity index (χ2n) is 12.1. The molecule has 2 aliphatic heterocycles. The summed E-state index contributed by atoms with van der Waals surface area (Å²) in [6.07, 6.45) is -3.58. The van der Waals surface area contributed by atoms with Gasteiger partial charge in [-0.15, -0.1) is 0 Å². The molecule has 0 bridgehead atoms. The number of halogens is 7. The zero-order chi connectivity index (χ0) is 34.4. The number of benzene rings is 2. The first kappa shape index (κ1) is 36.2. The van der Waals surface area contributed by atoms with E-state index in [1.54, 1.807) is 35.2 Å². The molecule has 2 amide bonds. The van der Waals surface area contributed by atoms with Crippen molar-refractivity contribution in [2.24, 2.45) is 5.92 Å². The van der Waals surface area contributed by atoms with E-state index in [1.807, 2.05) is 9.80 Å². The maximum Gasteiger partial charge on any atom is 0.490 e. The van der Waals surface area contributed by atoms with E-state index in [9.17, 15) is 40.3 Å². The standard InChI is InChI=1S/C31H37F4N3O2.C2HF3O2/c32-13-15-36-16-18-37(19-17-36)29(39)23-8-6-22(7-9-23)24-10-11-25(28(21-24)31(33,34)35)20-26-12-14-38(30(26)40)27-4-2-1-3-5-27;3-2(4,5)1(6)7/h6-11,21,26-27H,1-5,12-20H2;(H,6,7). The van der Waals surface area contributed by atoms with E-state index in [-0.39, 0.29) is 29.8 Å². The Morgan fingerprint density at radius 1 is 0.809 bits per heavy atom. The Morgan fingerprint density at radius 2 is 1.40 bits per heavy atom. The zero-order valence-electron chi connectivity index (χ0n) is 25.8. The number of aliphatic carboxylic acids is 1. The topological polar surface area (TPSA) is 81.2 Å². The number of nitrogens with zero attached hydrogens (tertiary/aromatic N) is 3. The predicted octanol–water partition coefficient (Wildman–Crippen LogP) is 6.46. The van der Waals surface area contributed by atoms with Gasteiger partial charge in [-0.05, 0) is 60.6 Å². The lowest BCUT2D eigenvalue weighted by molar-refractivity contribution is -0.192. The molecule has 1 atom stereocenters. The van der Waals surface area contributed by atoms with Crippen LogP contribution in [0, 0.1) is 5.92 Å². The summed E-state index contributed by atoms with van der Waals surface area (Å²) < 4.78 is 86.8. The van der Waals surface area contributed by atoms with Crippen LogP contribution in [0.5, 0.6) is 0 Å². The zero-order valence-corrected chi connectivity index (χ0v) is 25.8. The molecule has 2 aromatic rings. The first-order valence-corrected chi connectivity index (χ1v) is 15.7. The highest BCUT2D eigenvalue weighted by Gasteiger charge is 2.40. The Morgan fingerprint density at radius 3 is 1.96 bits per heavy atom.